The van der Waals surface area contributed by atoms with Crippen LogP contribution >= 0.6 is 22.6 Å². The summed E-state index contributed by atoms with van der Waals surface area (Å²) in [6, 6.07) is 17.0. The van der Waals surface area contributed by atoms with Crippen molar-refractivity contribution >= 4 is 46.4 Å². The maximum atomic E-state index is 12.3. The topological polar surface area (TPSA) is 73.6 Å². The first kappa shape index (κ1) is 18.3. The number of aliphatic imine (C=N–C) groups is 1. The lowest BCUT2D eigenvalue weighted by Crippen LogP contribution is -2.05. The van der Waals surface area contributed by atoms with Gasteiger partial charge in [-0.1, -0.05) is 36.4 Å². The van der Waals surface area contributed by atoms with Gasteiger partial charge in [-0.15, -0.1) is 0 Å². The first-order valence-corrected chi connectivity index (χ1v) is 9.53. The molecule has 0 amide bonds. The average molecular weight is 483 g/mol. The van der Waals surface area contributed by atoms with E-state index >= 15 is 0 Å². The van der Waals surface area contributed by atoms with Crippen molar-refractivity contribution in [2.45, 2.75) is 6.92 Å². The van der Waals surface area contributed by atoms with Gasteiger partial charge in [0.25, 0.3) is 0 Å². The van der Waals surface area contributed by atoms with Gasteiger partial charge in [0, 0.05) is 33.4 Å². The number of aromatic nitrogens is 2. The molecule has 0 unspecified atom stereocenters. The first-order chi connectivity index (χ1) is 13.5. The molecule has 2 aromatic carbocycles. The highest BCUT2D eigenvalue weighted by Gasteiger charge is 2.25. The van der Waals surface area contributed by atoms with E-state index in [1.807, 2.05) is 54.6 Å². The molecular formula is C21H14IN3O3. The quantitative estimate of drug-likeness (QED) is 0.319. The molecule has 0 saturated carbocycles. The molecule has 6 nitrogen and oxygen atoms in total. The maximum absolute atomic E-state index is 12.3. The summed E-state index contributed by atoms with van der Waals surface area (Å²) < 4.78 is 7.60. The molecule has 1 aromatic heterocycles. The van der Waals surface area contributed by atoms with Gasteiger partial charge in [-0.3, -0.25) is 4.79 Å². The molecule has 3 aromatic rings. The van der Waals surface area contributed by atoms with Gasteiger partial charge in [-0.25, -0.2) is 14.5 Å². The number of cyclic esters (lactones) is 1. The zero-order valence-electron chi connectivity index (χ0n) is 14.8. The molecule has 138 valence electrons. The molecule has 0 aliphatic carbocycles. The number of benzene rings is 2. The van der Waals surface area contributed by atoms with Crippen LogP contribution in [0.5, 0.6) is 0 Å². The van der Waals surface area contributed by atoms with Crippen LogP contribution in [0.2, 0.25) is 0 Å². The fraction of sp³-hybridized carbons (Fsp3) is 0.0476. The lowest BCUT2D eigenvalue weighted by molar-refractivity contribution is -0.129. The van der Waals surface area contributed by atoms with Crippen LogP contribution in [-0.4, -0.2) is 27.6 Å². The Labute approximate surface area is 174 Å². The van der Waals surface area contributed by atoms with Crippen molar-refractivity contribution in [3.8, 4) is 11.3 Å². The maximum Gasteiger partial charge on any atom is 0.363 e. The third-order valence-corrected chi connectivity index (χ3v) is 4.77. The van der Waals surface area contributed by atoms with Crippen molar-refractivity contribution in [2.24, 2.45) is 4.99 Å². The zero-order chi connectivity index (χ0) is 19.7. The lowest BCUT2D eigenvalue weighted by Gasteiger charge is -1.99. The van der Waals surface area contributed by atoms with Gasteiger partial charge in [0.2, 0.25) is 11.8 Å². The number of halogens is 1. The minimum absolute atomic E-state index is 0.161. The summed E-state index contributed by atoms with van der Waals surface area (Å²) in [4.78, 5) is 28.5. The standard InChI is InChI=1S/C21H14IN3O3/c1-13(26)25-12-16(19(24-25)14-6-3-2-4-7-14)11-18-21(27)28-20(23-18)15-8-5-9-17(22)10-15/h2-12H,1H3/b18-11-. The van der Waals surface area contributed by atoms with E-state index in [1.54, 1.807) is 12.3 Å². The van der Waals surface area contributed by atoms with E-state index in [2.05, 4.69) is 32.7 Å². The van der Waals surface area contributed by atoms with Crippen LogP contribution < -0.4 is 0 Å². The number of ether oxygens (including phenoxy) is 1. The Morgan fingerprint density at radius 1 is 1.11 bits per heavy atom. The summed E-state index contributed by atoms with van der Waals surface area (Å²) in [6.07, 6.45) is 3.18. The highest BCUT2D eigenvalue weighted by atomic mass is 127. The third kappa shape index (κ3) is 3.65. The van der Waals surface area contributed by atoms with Gasteiger partial charge in [0.1, 0.15) is 5.69 Å². The molecule has 7 heteroatoms. The fourth-order valence-electron chi connectivity index (χ4n) is 2.78. The van der Waals surface area contributed by atoms with E-state index < -0.39 is 5.97 Å². The molecule has 4 rings (SSSR count). The van der Waals surface area contributed by atoms with Crippen LogP contribution in [0.15, 0.2) is 71.5 Å². The molecule has 0 N–H and O–H groups in total. The van der Waals surface area contributed by atoms with Gasteiger partial charge >= 0.3 is 5.97 Å². The Bertz CT molecular complexity index is 1150. The summed E-state index contributed by atoms with van der Waals surface area (Å²) in [5.41, 5.74) is 2.93. The highest BCUT2D eigenvalue weighted by Crippen LogP contribution is 2.26. The number of nitrogens with zero attached hydrogens (tertiary/aromatic N) is 3. The van der Waals surface area contributed by atoms with Gasteiger partial charge in [-0.2, -0.15) is 5.10 Å². The monoisotopic (exact) mass is 483 g/mol. The molecule has 0 bridgehead atoms. The van der Waals surface area contributed by atoms with Crippen LogP contribution in [0.4, 0.5) is 0 Å². The van der Waals surface area contributed by atoms with E-state index in [4.69, 9.17) is 4.74 Å². The summed E-state index contributed by atoms with van der Waals surface area (Å²) in [7, 11) is 0. The van der Waals surface area contributed by atoms with Crippen LogP contribution in [0.3, 0.4) is 0 Å². The lowest BCUT2D eigenvalue weighted by atomic mass is 10.1. The zero-order valence-corrected chi connectivity index (χ0v) is 17.0. The highest BCUT2D eigenvalue weighted by molar-refractivity contribution is 14.1. The summed E-state index contributed by atoms with van der Waals surface area (Å²) in [5, 5.41) is 4.36. The van der Waals surface area contributed by atoms with Crippen molar-refractivity contribution in [1.29, 1.82) is 0 Å². The van der Waals surface area contributed by atoms with Gasteiger partial charge in [0.15, 0.2) is 5.70 Å². The van der Waals surface area contributed by atoms with E-state index in [1.165, 1.54) is 11.6 Å². The van der Waals surface area contributed by atoms with Gasteiger partial charge in [0.05, 0.1) is 0 Å². The van der Waals surface area contributed by atoms with E-state index in [9.17, 15) is 9.59 Å². The Balaban J connectivity index is 1.78. The van der Waals surface area contributed by atoms with Crippen molar-refractivity contribution in [2.75, 3.05) is 0 Å². The van der Waals surface area contributed by atoms with Crippen LogP contribution in [0.1, 0.15) is 22.8 Å². The second-order valence-corrected chi connectivity index (χ2v) is 7.35. The number of rotatable bonds is 3. The number of hydrogen-bond acceptors (Lipinski definition) is 5. The third-order valence-electron chi connectivity index (χ3n) is 4.10. The largest absolute Gasteiger partial charge is 0.402 e. The Kier molecular flexibility index (Phi) is 4.91. The van der Waals surface area contributed by atoms with Crippen molar-refractivity contribution in [3.05, 3.63) is 81.2 Å². The fourth-order valence-corrected chi connectivity index (χ4v) is 3.32. The summed E-state index contributed by atoms with van der Waals surface area (Å²) in [6.45, 7) is 1.43. The van der Waals surface area contributed by atoms with Crippen molar-refractivity contribution in [3.63, 3.8) is 0 Å². The number of carbonyl (C=O) groups excluding carboxylic acids is 2. The number of carbonyl (C=O) groups is 2. The predicted molar refractivity (Wildman–Crippen MR) is 114 cm³/mol. The molecule has 0 atom stereocenters. The van der Waals surface area contributed by atoms with Crippen LogP contribution in [0, 0.1) is 3.57 Å². The Morgan fingerprint density at radius 2 is 1.86 bits per heavy atom. The minimum atomic E-state index is -0.538. The molecule has 0 radical (unpaired) electrons. The molecule has 1 aliphatic rings. The minimum Gasteiger partial charge on any atom is -0.402 e. The molecule has 0 fully saturated rings. The SMILES string of the molecule is CC(=O)n1cc(/C=C2\N=C(c3cccc(I)c3)OC2=O)c(-c2ccccc2)n1. The predicted octanol–water partition coefficient (Wildman–Crippen LogP) is 4.16. The summed E-state index contributed by atoms with van der Waals surface area (Å²) in [5.74, 6) is -0.502. The summed E-state index contributed by atoms with van der Waals surface area (Å²) >= 11 is 2.19. The second-order valence-electron chi connectivity index (χ2n) is 6.11. The molecule has 0 saturated heterocycles. The Hall–Kier alpha value is -3.07. The smallest absolute Gasteiger partial charge is 0.363 e. The van der Waals surface area contributed by atoms with Gasteiger partial charge in [-0.05, 0) is 46.9 Å². The number of esters is 1. The van der Waals surface area contributed by atoms with E-state index in [0.717, 1.165) is 14.7 Å². The molecule has 1 aliphatic heterocycles. The van der Waals surface area contributed by atoms with Crippen LogP contribution in [-0.2, 0) is 9.53 Å². The first-order valence-electron chi connectivity index (χ1n) is 8.46. The van der Waals surface area contributed by atoms with E-state index in [-0.39, 0.29) is 17.5 Å². The van der Waals surface area contributed by atoms with Crippen molar-refractivity contribution < 1.29 is 14.3 Å². The normalized spacial score (nSPS) is 14.9. The van der Waals surface area contributed by atoms with Crippen LogP contribution in [0.25, 0.3) is 17.3 Å². The molecule has 0 spiro atoms. The molecule has 2 heterocycles. The molecular weight excluding hydrogens is 469 g/mol. The van der Waals surface area contributed by atoms with E-state index in [0.29, 0.717) is 11.3 Å². The second kappa shape index (κ2) is 7.51. The number of hydrogen-bond donors (Lipinski definition) is 0. The molecule has 28 heavy (non-hydrogen) atoms. The van der Waals surface area contributed by atoms with Crippen molar-refractivity contribution in [1.82, 2.24) is 9.78 Å². The van der Waals surface area contributed by atoms with Gasteiger partial charge < -0.3 is 4.74 Å². The Morgan fingerprint density at radius 3 is 2.57 bits per heavy atom. The average Bonchev–Trinajstić information content (AvgIpc) is 3.27.